The molecular formula is C24H24N2. The normalized spacial score (nSPS) is 14.9. The number of aryl methyl sites for hydroxylation is 1. The number of pyridine rings is 1. The third kappa shape index (κ3) is 3.92. The Balaban J connectivity index is 1.44. The molecule has 2 heterocycles. The quantitative estimate of drug-likeness (QED) is 0.637. The first-order chi connectivity index (χ1) is 12.8. The molecule has 0 spiro atoms. The zero-order valence-electron chi connectivity index (χ0n) is 15.2. The Morgan fingerprint density at radius 3 is 2.42 bits per heavy atom. The number of aromatic nitrogens is 1. The van der Waals surface area contributed by atoms with Gasteiger partial charge in [-0.25, -0.2) is 0 Å². The highest BCUT2D eigenvalue weighted by atomic mass is 15.1. The summed E-state index contributed by atoms with van der Waals surface area (Å²) in [6.07, 6.45) is 5.39. The average molecular weight is 340 g/mol. The van der Waals surface area contributed by atoms with Crippen LogP contribution in [0, 0.1) is 6.92 Å². The maximum Gasteiger partial charge on any atom is 0.0550 e. The third-order valence-corrected chi connectivity index (χ3v) is 5.02. The fourth-order valence-corrected chi connectivity index (χ4v) is 3.49. The van der Waals surface area contributed by atoms with Crippen LogP contribution in [-0.4, -0.2) is 23.0 Å². The Hall–Kier alpha value is -2.71. The topological polar surface area (TPSA) is 16.1 Å². The number of benzene rings is 2. The average Bonchev–Trinajstić information content (AvgIpc) is 2.70. The van der Waals surface area contributed by atoms with Crippen LogP contribution in [-0.2, 0) is 6.54 Å². The van der Waals surface area contributed by atoms with E-state index in [0.717, 1.165) is 31.7 Å². The predicted molar refractivity (Wildman–Crippen MR) is 109 cm³/mol. The van der Waals surface area contributed by atoms with Crippen molar-refractivity contribution in [2.45, 2.75) is 19.9 Å². The maximum absolute atomic E-state index is 4.58. The highest BCUT2D eigenvalue weighted by Crippen LogP contribution is 2.24. The molecule has 2 heteroatoms. The molecule has 3 aromatic rings. The Bertz CT molecular complexity index is 895. The molecule has 26 heavy (non-hydrogen) atoms. The second-order valence-electron chi connectivity index (χ2n) is 6.98. The van der Waals surface area contributed by atoms with Crippen LogP contribution in [0.3, 0.4) is 0 Å². The molecule has 0 atom stereocenters. The minimum Gasteiger partial charge on any atom is -0.294 e. The van der Waals surface area contributed by atoms with Crippen molar-refractivity contribution < 1.29 is 0 Å². The van der Waals surface area contributed by atoms with Gasteiger partial charge in [0.05, 0.1) is 5.69 Å². The summed E-state index contributed by atoms with van der Waals surface area (Å²) in [6, 6.07) is 23.7. The molecule has 0 N–H and O–H groups in total. The van der Waals surface area contributed by atoms with Crippen LogP contribution in [0.1, 0.15) is 23.2 Å². The van der Waals surface area contributed by atoms with Crippen LogP contribution in [0.4, 0.5) is 0 Å². The van der Waals surface area contributed by atoms with Crippen molar-refractivity contribution in [3.63, 3.8) is 0 Å². The van der Waals surface area contributed by atoms with Crippen molar-refractivity contribution in [3.8, 4) is 11.1 Å². The number of nitrogens with zero attached hydrogens (tertiary/aromatic N) is 2. The second-order valence-corrected chi connectivity index (χ2v) is 6.98. The summed E-state index contributed by atoms with van der Waals surface area (Å²) in [7, 11) is 0. The minimum atomic E-state index is 0.901. The van der Waals surface area contributed by atoms with Gasteiger partial charge in [-0.05, 0) is 47.7 Å². The summed E-state index contributed by atoms with van der Waals surface area (Å²) in [5.41, 5.74) is 7.77. The van der Waals surface area contributed by atoms with Gasteiger partial charge in [0, 0.05) is 25.8 Å². The first kappa shape index (κ1) is 16.7. The SMILES string of the molecule is Cc1ccc(C2=CCN(Cc3cc(-c4ccccc4)ccn3)CC2)cc1. The van der Waals surface area contributed by atoms with E-state index in [1.54, 1.807) is 0 Å². The van der Waals surface area contributed by atoms with E-state index in [0.29, 0.717) is 0 Å². The van der Waals surface area contributed by atoms with E-state index in [-0.39, 0.29) is 0 Å². The van der Waals surface area contributed by atoms with Gasteiger partial charge < -0.3 is 0 Å². The van der Waals surface area contributed by atoms with E-state index < -0.39 is 0 Å². The fourth-order valence-electron chi connectivity index (χ4n) is 3.49. The predicted octanol–water partition coefficient (Wildman–Crippen LogP) is 5.35. The molecule has 0 fully saturated rings. The fraction of sp³-hybridized carbons (Fsp3) is 0.208. The van der Waals surface area contributed by atoms with E-state index in [2.05, 4.69) is 89.6 Å². The standard InChI is InChI=1S/C24H24N2/c1-19-7-9-21(10-8-19)22-12-15-26(16-13-22)18-24-17-23(11-14-25-24)20-5-3-2-4-6-20/h2-12,14,17H,13,15-16,18H2,1H3. The zero-order valence-corrected chi connectivity index (χ0v) is 15.2. The Labute approximate surface area is 155 Å². The van der Waals surface area contributed by atoms with Crippen molar-refractivity contribution in [1.82, 2.24) is 9.88 Å². The largest absolute Gasteiger partial charge is 0.294 e. The van der Waals surface area contributed by atoms with Crippen molar-refractivity contribution in [1.29, 1.82) is 0 Å². The highest BCUT2D eigenvalue weighted by Gasteiger charge is 2.14. The molecule has 0 bridgehead atoms. The van der Waals surface area contributed by atoms with Crippen molar-refractivity contribution in [2.75, 3.05) is 13.1 Å². The van der Waals surface area contributed by atoms with Crippen molar-refractivity contribution in [2.24, 2.45) is 0 Å². The van der Waals surface area contributed by atoms with E-state index >= 15 is 0 Å². The molecule has 0 saturated heterocycles. The summed E-state index contributed by atoms with van der Waals surface area (Å²) in [5, 5.41) is 0. The van der Waals surface area contributed by atoms with Gasteiger partial charge in [-0.3, -0.25) is 9.88 Å². The molecule has 130 valence electrons. The molecular weight excluding hydrogens is 316 g/mol. The van der Waals surface area contributed by atoms with Gasteiger partial charge in [-0.2, -0.15) is 0 Å². The Morgan fingerprint density at radius 2 is 1.69 bits per heavy atom. The molecule has 0 aliphatic carbocycles. The molecule has 0 unspecified atom stereocenters. The number of hydrogen-bond acceptors (Lipinski definition) is 2. The molecule has 0 amide bonds. The van der Waals surface area contributed by atoms with Crippen LogP contribution in [0.2, 0.25) is 0 Å². The van der Waals surface area contributed by atoms with Crippen LogP contribution < -0.4 is 0 Å². The van der Waals surface area contributed by atoms with Crippen molar-refractivity contribution in [3.05, 3.63) is 95.8 Å². The van der Waals surface area contributed by atoms with Crippen LogP contribution >= 0.6 is 0 Å². The molecule has 4 rings (SSSR count). The summed E-state index contributed by atoms with van der Waals surface area (Å²) in [4.78, 5) is 7.05. The first-order valence-corrected chi connectivity index (χ1v) is 9.27. The minimum absolute atomic E-state index is 0.901. The second kappa shape index (κ2) is 7.67. The lowest BCUT2D eigenvalue weighted by Gasteiger charge is -2.26. The molecule has 2 aromatic carbocycles. The highest BCUT2D eigenvalue weighted by molar-refractivity contribution is 5.67. The Kier molecular flexibility index (Phi) is 4.94. The van der Waals surface area contributed by atoms with Gasteiger partial charge in [0.15, 0.2) is 0 Å². The smallest absolute Gasteiger partial charge is 0.0550 e. The molecule has 1 aliphatic heterocycles. The van der Waals surface area contributed by atoms with Gasteiger partial charge in [0.1, 0.15) is 0 Å². The molecule has 0 radical (unpaired) electrons. The number of hydrogen-bond donors (Lipinski definition) is 0. The van der Waals surface area contributed by atoms with E-state index in [4.69, 9.17) is 0 Å². The van der Waals surface area contributed by atoms with E-state index in [1.165, 1.54) is 27.8 Å². The lowest BCUT2D eigenvalue weighted by Crippen LogP contribution is -2.28. The monoisotopic (exact) mass is 340 g/mol. The lowest BCUT2D eigenvalue weighted by molar-refractivity contribution is 0.290. The molecule has 0 saturated carbocycles. The lowest BCUT2D eigenvalue weighted by atomic mass is 9.98. The summed E-state index contributed by atoms with van der Waals surface area (Å²) >= 11 is 0. The van der Waals surface area contributed by atoms with Crippen LogP contribution in [0.5, 0.6) is 0 Å². The van der Waals surface area contributed by atoms with Crippen LogP contribution in [0.25, 0.3) is 16.7 Å². The zero-order chi connectivity index (χ0) is 17.8. The third-order valence-electron chi connectivity index (χ3n) is 5.02. The molecule has 1 aliphatic rings. The first-order valence-electron chi connectivity index (χ1n) is 9.27. The summed E-state index contributed by atoms with van der Waals surface area (Å²) in [5.74, 6) is 0. The van der Waals surface area contributed by atoms with Crippen LogP contribution in [0.15, 0.2) is 79.0 Å². The summed E-state index contributed by atoms with van der Waals surface area (Å²) in [6.45, 7) is 5.10. The van der Waals surface area contributed by atoms with E-state index in [1.807, 2.05) is 6.20 Å². The van der Waals surface area contributed by atoms with Gasteiger partial charge in [0.25, 0.3) is 0 Å². The maximum atomic E-state index is 4.58. The number of rotatable bonds is 4. The Morgan fingerprint density at radius 1 is 0.885 bits per heavy atom. The molecule has 2 nitrogen and oxygen atoms in total. The van der Waals surface area contributed by atoms with E-state index in [9.17, 15) is 0 Å². The molecule has 1 aromatic heterocycles. The van der Waals surface area contributed by atoms with Gasteiger partial charge in [0.2, 0.25) is 0 Å². The summed E-state index contributed by atoms with van der Waals surface area (Å²) < 4.78 is 0. The van der Waals surface area contributed by atoms with Gasteiger partial charge in [-0.15, -0.1) is 0 Å². The van der Waals surface area contributed by atoms with Gasteiger partial charge in [-0.1, -0.05) is 66.2 Å². The van der Waals surface area contributed by atoms with Crippen molar-refractivity contribution >= 4 is 5.57 Å². The van der Waals surface area contributed by atoms with Gasteiger partial charge >= 0.3 is 0 Å².